The molecule has 3 aromatic rings. The highest BCUT2D eigenvalue weighted by Gasteiger charge is 2.02. The molecule has 0 aliphatic carbocycles. The van der Waals surface area contributed by atoms with Crippen molar-refractivity contribution in [2.75, 3.05) is 5.43 Å². The van der Waals surface area contributed by atoms with Crippen LogP contribution >= 0.6 is 0 Å². The van der Waals surface area contributed by atoms with Gasteiger partial charge in [-0.1, -0.05) is 12.1 Å². The quantitative estimate of drug-likeness (QED) is 0.431. The molecule has 0 atom stereocenters. The molecule has 3 rings (SSSR count). The second kappa shape index (κ2) is 6.73. The molecule has 0 spiro atoms. The summed E-state index contributed by atoms with van der Waals surface area (Å²) in [4.78, 5) is 18.8. The maximum atomic E-state index is 11.8. The van der Waals surface area contributed by atoms with E-state index >= 15 is 0 Å². The molecule has 0 fully saturated rings. The number of fused-ring (bicyclic) bond motifs is 1. The lowest BCUT2D eigenvalue weighted by atomic mass is 10.2. The van der Waals surface area contributed by atoms with Crippen molar-refractivity contribution in [1.29, 1.82) is 0 Å². The van der Waals surface area contributed by atoms with Gasteiger partial charge in [-0.3, -0.25) is 10.2 Å². The van der Waals surface area contributed by atoms with Crippen LogP contribution in [0.1, 0.15) is 5.56 Å². The molecule has 0 unspecified atom stereocenters. The summed E-state index contributed by atoms with van der Waals surface area (Å²) in [6.07, 6.45) is 1.54. The fourth-order valence-electron chi connectivity index (χ4n) is 1.83. The van der Waals surface area contributed by atoms with E-state index < -0.39 is 0 Å². The van der Waals surface area contributed by atoms with Gasteiger partial charge in [0.25, 0.3) is 5.56 Å². The number of rotatable bonds is 3. The molecular weight excluding hydrogens is 304 g/mol. The summed E-state index contributed by atoms with van der Waals surface area (Å²) in [5.41, 5.74) is 4.43. The van der Waals surface area contributed by atoms with Gasteiger partial charge in [0.05, 0.1) is 17.2 Å². The third-order valence-corrected chi connectivity index (χ3v) is 2.88. The first-order chi connectivity index (χ1) is 10.2. The number of para-hydroxylation sites is 2. The zero-order chi connectivity index (χ0) is 14.7. The minimum atomic E-state index is -0.337. The Hall–Kier alpha value is -2.86. The van der Waals surface area contributed by atoms with Crippen LogP contribution < -0.4 is 23.4 Å². The number of hydrogen-bond donors (Lipinski definition) is 3. The van der Waals surface area contributed by atoms with Crippen LogP contribution in [-0.4, -0.2) is 21.3 Å². The van der Waals surface area contributed by atoms with E-state index in [0.717, 1.165) is 5.56 Å². The highest BCUT2D eigenvalue weighted by molar-refractivity contribution is 5.80. The molecule has 0 bridgehead atoms. The Morgan fingerprint density at radius 2 is 1.86 bits per heavy atom. The van der Waals surface area contributed by atoms with Crippen LogP contribution in [-0.2, 0) is 0 Å². The number of phenolic OH excluding ortho intramolecular Hbond substituents is 1. The van der Waals surface area contributed by atoms with E-state index in [1.807, 2.05) is 12.1 Å². The molecule has 0 aliphatic heterocycles. The number of phenols is 1. The fourth-order valence-corrected chi connectivity index (χ4v) is 1.83. The van der Waals surface area contributed by atoms with Gasteiger partial charge in [0.15, 0.2) is 0 Å². The van der Waals surface area contributed by atoms with Crippen LogP contribution in [0.2, 0.25) is 0 Å². The predicted molar refractivity (Wildman–Crippen MR) is 81.7 cm³/mol. The third kappa shape index (κ3) is 3.42. The molecule has 6 nitrogen and oxygen atoms in total. The van der Waals surface area contributed by atoms with Crippen LogP contribution in [0.15, 0.2) is 58.4 Å². The summed E-state index contributed by atoms with van der Waals surface area (Å²) >= 11 is 0. The van der Waals surface area contributed by atoms with E-state index in [2.05, 4.69) is 20.5 Å². The molecular formula is C15H12ClN4O2-. The number of hydrogen-bond acceptors (Lipinski definition) is 5. The largest absolute Gasteiger partial charge is 1.00 e. The number of benzene rings is 2. The van der Waals surface area contributed by atoms with Gasteiger partial charge in [0.2, 0.25) is 5.82 Å². The number of H-pyrrole nitrogens is 1. The van der Waals surface area contributed by atoms with Gasteiger partial charge in [0.1, 0.15) is 5.75 Å². The van der Waals surface area contributed by atoms with Crippen LogP contribution in [0.4, 0.5) is 5.82 Å². The average Bonchev–Trinajstić information content (AvgIpc) is 2.50. The van der Waals surface area contributed by atoms with Crippen molar-refractivity contribution in [2.45, 2.75) is 0 Å². The molecule has 0 amide bonds. The van der Waals surface area contributed by atoms with Crippen molar-refractivity contribution in [1.82, 2.24) is 9.97 Å². The number of aromatic amines is 1. The summed E-state index contributed by atoms with van der Waals surface area (Å²) in [7, 11) is 0. The fraction of sp³-hybridized carbons (Fsp3) is 0. The smallest absolute Gasteiger partial charge is 0.293 e. The molecule has 0 saturated heterocycles. The maximum absolute atomic E-state index is 11.8. The first kappa shape index (κ1) is 15.5. The molecule has 112 valence electrons. The Morgan fingerprint density at radius 3 is 2.64 bits per heavy atom. The Labute approximate surface area is 131 Å². The summed E-state index contributed by atoms with van der Waals surface area (Å²) in [5.74, 6) is 0.316. The molecule has 0 aliphatic rings. The molecule has 7 heteroatoms. The number of aromatic hydroxyl groups is 1. The normalized spacial score (nSPS) is 10.5. The molecule has 0 saturated carbocycles. The SMILES string of the molecule is O=c1[nH]c2ccccc2nc1N/N=C/c1ccc(O)cc1.[Cl-]. The van der Waals surface area contributed by atoms with Crippen molar-refractivity contribution in [3.8, 4) is 5.75 Å². The second-order valence-electron chi connectivity index (χ2n) is 4.39. The van der Waals surface area contributed by atoms with Crippen molar-refractivity contribution >= 4 is 23.1 Å². The average molecular weight is 316 g/mol. The van der Waals surface area contributed by atoms with Crippen molar-refractivity contribution in [2.24, 2.45) is 5.10 Å². The van der Waals surface area contributed by atoms with Crippen LogP contribution in [0.3, 0.4) is 0 Å². The van der Waals surface area contributed by atoms with Gasteiger partial charge >= 0.3 is 0 Å². The zero-order valence-electron chi connectivity index (χ0n) is 11.3. The lowest BCUT2D eigenvalue weighted by Gasteiger charge is -2.01. The van der Waals surface area contributed by atoms with Gasteiger partial charge in [0, 0.05) is 0 Å². The standard InChI is InChI=1S/C15H12N4O2.ClH/c20-11-7-5-10(6-8-11)9-16-19-14-15(21)18-13-4-2-1-3-12(13)17-14;/h1-9,20H,(H,17,19)(H,18,21);1H/p-1/b16-9+;. The van der Waals surface area contributed by atoms with Crippen molar-refractivity contribution in [3.05, 3.63) is 64.4 Å². The minimum absolute atomic E-state index is 0. The topological polar surface area (TPSA) is 90.4 Å². The Balaban J connectivity index is 0.00000176. The lowest BCUT2D eigenvalue weighted by molar-refractivity contribution is -0.00000535. The lowest BCUT2D eigenvalue weighted by Crippen LogP contribution is -3.00. The predicted octanol–water partition coefficient (Wildman–Crippen LogP) is -0.921. The Bertz CT molecular complexity index is 859. The summed E-state index contributed by atoms with van der Waals surface area (Å²) in [6.45, 7) is 0. The van der Waals surface area contributed by atoms with E-state index in [-0.39, 0.29) is 29.5 Å². The first-order valence-electron chi connectivity index (χ1n) is 6.29. The molecule has 22 heavy (non-hydrogen) atoms. The summed E-state index contributed by atoms with van der Waals surface area (Å²) in [6, 6.07) is 13.8. The van der Waals surface area contributed by atoms with Crippen LogP contribution in [0.5, 0.6) is 5.75 Å². The van der Waals surface area contributed by atoms with E-state index in [4.69, 9.17) is 0 Å². The van der Waals surface area contributed by atoms with Gasteiger partial charge < -0.3 is 22.5 Å². The number of nitrogens with one attached hydrogen (secondary N) is 2. The van der Waals surface area contributed by atoms with E-state index in [1.165, 1.54) is 6.21 Å². The van der Waals surface area contributed by atoms with E-state index in [9.17, 15) is 9.90 Å². The summed E-state index contributed by atoms with van der Waals surface area (Å²) in [5, 5.41) is 13.2. The van der Waals surface area contributed by atoms with E-state index in [0.29, 0.717) is 11.0 Å². The van der Waals surface area contributed by atoms with Gasteiger partial charge in [-0.15, -0.1) is 0 Å². The minimum Gasteiger partial charge on any atom is -1.00 e. The molecule has 1 heterocycles. The summed E-state index contributed by atoms with van der Waals surface area (Å²) < 4.78 is 0. The number of aromatic nitrogens is 2. The number of nitrogens with zero attached hydrogens (tertiary/aromatic N) is 2. The van der Waals surface area contributed by atoms with Gasteiger partial charge in [-0.05, 0) is 42.0 Å². The van der Waals surface area contributed by atoms with E-state index in [1.54, 1.807) is 36.4 Å². The molecule has 1 aromatic heterocycles. The van der Waals surface area contributed by atoms with Gasteiger partial charge in [-0.25, -0.2) is 4.98 Å². The first-order valence-corrected chi connectivity index (χ1v) is 6.29. The third-order valence-electron chi connectivity index (χ3n) is 2.88. The van der Waals surface area contributed by atoms with Gasteiger partial charge in [-0.2, -0.15) is 5.10 Å². The monoisotopic (exact) mass is 315 g/mol. The number of hydrazone groups is 1. The van der Waals surface area contributed by atoms with Crippen molar-refractivity contribution < 1.29 is 17.5 Å². The number of anilines is 1. The molecule has 0 radical (unpaired) electrons. The van der Waals surface area contributed by atoms with Crippen molar-refractivity contribution in [3.63, 3.8) is 0 Å². The highest BCUT2D eigenvalue weighted by atomic mass is 35.5. The highest BCUT2D eigenvalue weighted by Crippen LogP contribution is 2.09. The molecule has 2 aromatic carbocycles. The van der Waals surface area contributed by atoms with Crippen LogP contribution in [0.25, 0.3) is 11.0 Å². The zero-order valence-corrected chi connectivity index (χ0v) is 12.1. The second-order valence-corrected chi connectivity index (χ2v) is 4.39. The maximum Gasteiger partial charge on any atom is 0.293 e. The number of halogens is 1. The Kier molecular flexibility index (Phi) is 4.75. The Morgan fingerprint density at radius 1 is 1.14 bits per heavy atom. The van der Waals surface area contributed by atoms with Crippen LogP contribution in [0, 0.1) is 0 Å². The molecule has 3 N–H and O–H groups in total.